The molecule has 0 radical (unpaired) electrons. The van der Waals surface area contributed by atoms with Crippen molar-refractivity contribution in [2.45, 2.75) is 31.5 Å². The molecular formula is C18H22N2O4S. The predicted octanol–water partition coefficient (Wildman–Crippen LogP) is 0.617. The molecule has 7 heteroatoms. The first kappa shape index (κ1) is 17.8. The van der Waals surface area contributed by atoms with Crippen LogP contribution >= 0.6 is 11.3 Å². The average molecular weight is 362 g/mol. The van der Waals surface area contributed by atoms with Crippen molar-refractivity contribution in [3.05, 3.63) is 45.7 Å². The highest BCUT2D eigenvalue weighted by atomic mass is 32.1. The molecule has 2 atom stereocenters. The van der Waals surface area contributed by atoms with E-state index < -0.39 is 24.0 Å². The van der Waals surface area contributed by atoms with E-state index in [0.717, 1.165) is 28.9 Å². The molecule has 134 valence electrons. The molecule has 2 aliphatic rings. The molecule has 2 amide bonds. The van der Waals surface area contributed by atoms with Gasteiger partial charge in [0.25, 0.3) is 11.8 Å². The number of carbonyl (C=O) groups is 2. The van der Waals surface area contributed by atoms with Crippen LogP contribution in [0.3, 0.4) is 0 Å². The number of nitrogens with zero attached hydrogens (tertiary/aromatic N) is 1. The highest BCUT2D eigenvalue weighted by Gasteiger charge is 2.36. The number of allylic oxidation sites excluding steroid dienone is 2. The molecular weight excluding hydrogens is 340 g/mol. The average Bonchev–Trinajstić information content (AvgIpc) is 3.28. The standard InChI is InChI=1S/C18H22N2O4S/c21-15(17(23)19-8-7-14-6-3-9-25-14)16(22)18(24)20-10-12-4-1-2-5-13(12)11-20/h3-6,9,15-16,21-22H,1-2,7-8,10-11H2,(H,19,23)/t15-,16-/m1/s1. The lowest BCUT2D eigenvalue weighted by Crippen LogP contribution is -2.50. The number of aliphatic hydroxyl groups excluding tert-OH is 2. The zero-order valence-corrected chi connectivity index (χ0v) is 14.7. The fourth-order valence-electron chi connectivity index (χ4n) is 3.07. The van der Waals surface area contributed by atoms with Gasteiger partial charge in [-0.2, -0.15) is 0 Å². The van der Waals surface area contributed by atoms with E-state index in [9.17, 15) is 19.8 Å². The van der Waals surface area contributed by atoms with Crippen LogP contribution in [0, 0.1) is 0 Å². The molecule has 1 aromatic heterocycles. The Kier molecular flexibility index (Phi) is 5.67. The van der Waals surface area contributed by atoms with Crippen molar-refractivity contribution in [1.29, 1.82) is 0 Å². The van der Waals surface area contributed by atoms with Crippen molar-refractivity contribution in [1.82, 2.24) is 10.2 Å². The molecule has 2 heterocycles. The van der Waals surface area contributed by atoms with E-state index in [2.05, 4.69) is 17.5 Å². The highest BCUT2D eigenvalue weighted by Crippen LogP contribution is 2.27. The second kappa shape index (κ2) is 7.95. The maximum atomic E-state index is 12.4. The predicted molar refractivity (Wildman–Crippen MR) is 95.0 cm³/mol. The third kappa shape index (κ3) is 4.18. The Hall–Kier alpha value is -1.96. The molecule has 0 aromatic carbocycles. The number of rotatable bonds is 6. The van der Waals surface area contributed by atoms with Gasteiger partial charge >= 0.3 is 0 Å². The Morgan fingerprint density at radius 2 is 1.84 bits per heavy atom. The van der Waals surface area contributed by atoms with Gasteiger partial charge < -0.3 is 20.4 Å². The fourth-order valence-corrected chi connectivity index (χ4v) is 3.78. The molecule has 1 aliphatic carbocycles. The maximum absolute atomic E-state index is 12.4. The van der Waals surface area contributed by atoms with E-state index in [1.54, 1.807) is 11.3 Å². The van der Waals surface area contributed by atoms with Crippen LogP contribution in [0.15, 0.2) is 40.8 Å². The second-order valence-corrected chi connectivity index (χ2v) is 7.27. The molecule has 0 saturated carbocycles. The summed E-state index contributed by atoms with van der Waals surface area (Å²) in [4.78, 5) is 27.0. The second-order valence-electron chi connectivity index (χ2n) is 6.24. The number of thiophene rings is 1. The SMILES string of the molecule is O=C(NCCc1cccs1)[C@H](O)[C@@H](O)C(=O)N1CC2=CCCC=C2C1. The Bertz CT molecular complexity index is 674. The van der Waals surface area contributed by atoms with Crippen LogP contribution in [0.25, 0.3) is 0 Å². The van der Waals surface area contributed by atoms with Gasteiger partial charge in [-0.05, 0) is 41.9 Å². The quantitative estimate of drug-likeness (QED) is 0.692. The third-order valence-electron chi connectivity index (χ3n) is 4.47. The zero-order chi connectivity index (χ0) is 17.8. The summed E-state index contributed by atoms with van der Waals surface area (Å²) in [6.07, 6.45) is 3.25. The third-order valence-corrected chi connectivity index (χ3v) is 5.40. The number of likely N-dealkylation sites (tertiary alicyclic amines) is 1. The van der Waals surface area contributed by atoms with Gasteiger partial charge in [-0.3, -0.25) is 9.59 Å². The van der Waals surface area contributed by atoms with Crippen LogP contribution in [0.2, 0.25) is 0 Å². The van der Waals surface area contributed by atoms with Crippen LogP contribution in [0.1, 0.15) is 17.7 Å². The maximum Gasteiger partial charge on any atom is 0.255 e. The zero-order valence-electron chi connectivity index (χ0n) is 13.9. The summed E-state index contributed by atoms with van der Waals surface area (Å²) in [6.45, 7) is 1.20. The van der Waals surface area contributed by atoms with Crippen LogP contribution in [0.5, 0.6) is 0 Å². The van der Waals surface area contributed by atoms with E-state index >= 15 is 0 Å². The molecule has 25 heavy (non-hydrogen) atoms. The number of amides is 2. The fraction of sp³-hybridized carbons (Fsp3) is 0.444. The molecule has 0 spiro atoms. The minimum absolute atomic E-state index is 0.348. The van der Waals surface area contributed by atoms with Crippen molar-refractivity contribution in [3.8, 4) is 0 Å². The lowest BCUT2D eigenvalue weighted by Gasteiger charge is -2.22. The Morgan fingerprint density at radius 3 is 2.44 bits per heavy atom. The van der Waals surface area contributed by atoms with E-state index in [1.807, 2.05) is 17.5 Å². The number of hydrogen-bond donors (Lipinski definition) is 3. The van der Waals surface area contributed by atoms with Gasteiger partial charge in [0, 0.05) is 24.5 Å². The lowest BCUT2D eigenvalue weighted by atomic mass is 10.0. The Balaban J connectivity index is 1.50. The van der Waals surface area contributed by atoms with Gasteiger partial charge in [0.05, 0.1) is 0 Å². The first-order valence-electron chi connectivity index (χ1n) is 8.39. The summed E-state index contributed by atoms with van der Waals surface area (Å²) in [5.41, 5.74) is 2.20. The summed E-state index contributed by atoms with van der Waals surface area (Å²) < 4.78 is 0. The van der Waals surface area contributed by atoms with Gasteiger partial charge in [-0.25, -0.2) is 0 Å². The number of nitrogens with one attached hydrogen (secondary N) is 1. The number of fused-ring (bicyclic) bond motifs is 1. The van der Waals surface area contributed by atoms with E-state index in [0.29, 0.717) is 26.1 Å². The summed E-state index contributed by atoms with van der Waals surface area (Å²) >= 11 is 1.59. The molecule has 1 aliphatic heterocycles. The summed E-state index contributed by atoms with van der Waals surface area (Å²) in [5.74, 6) is -1.34. The number of hydrogen-bond acceptors (Lipinski definition) is 5. The molecule has 3 rings (SSSR count). The molecule has 1 fully saturated rings. The van der Waals surface area contributed by atoms with Crippen LogP contribution in [-0.2, 0) is 16.0 Å². The van der Waals surface area contributed by atoms with Crippen LogP contribution < -0.4 is 5.32 Å². The van der Waals surface area contributed by atoms with Crippen molar-refractivity contribution in [3.63, 3.8) is 0 Å². The first-order chi connectivity index (χ1) is 12.1. The topological polar surface area (TPSA) is 89.9 Å². The summed E-state index contributed by atoms with van der Waals surface area (Å²) in [5, 5.41) is 24.6. The molecule has 6 nitrogen and oxygen atoms in total. The monoisotopic (exact) mass is 362 g/mol. The van der Waals surface area contributed by atoms with Gasteiger partial charge in [0.1, 0.15) is 0 Å². The molecule has 0 unspecified atom stereocenters. The molecule has 1 aromatic rings. The summed E-state index contributed by atoms with van der Waals surface area (Å²) in [7, 11) is 0. The van der Waals surface area contributed by atoms with Crippen molar-refractivity contribution in [2.24, 2.45) is 0 Å². The Labute approximate surface area is 150 Å². The minimum atomic E-state index is -1.76. The van der Waals surface area contributed by atoms with Crippen molar-refractivity contribution in [2.75, 3.05) is 19.6 Å². The van der Waals surface area contributed by atoms with Crippen LogP contribution in [-0.4, -0.2) is 58.8 Å². The van der Waals surface area contributed by atoms with Gasteiger partial charge in [-0.1, -0.05) is 18.2 Å². The molecule has 0 bridgehead atoms. The number of carbonyl (C=O) groups excluding carboxylic acids is 2. The molecule has 3 N–H and O–H groups in total. The van der Waals surface area contributed by atoms with Gasteiger partial charge in [-0.15, -0.1) is 11.3 Å². The van der Waals surface area contributed by atoms with Crippen LogP contribution in [0.4, 0.5) is 0 Å². The Morgan fingerprint density at radius 1 is 1.16 bits per heavy atom. The largest absolute Gasteiger partial charge is 0.380 e. The normalized spacial score (nSPS) is 18.9. The number of aliphatic hydroxyl groups is 2. The minimum Gasteiger partial charge on any atom is -0.380 e. The smallest absolute Gasteiger partial charge is 0.255 e. The van der Waals surface area contributed by atoms with Crippen molar-refractivity contribution >= 4 is 23.2 Å². The van der Waals surface area contributed by atoms with Gasteiger partial charge in [0.15, 0.2) is 12.2 Å². The van der Waals surface area contributed by atoms with Crippen molar-refractivity contribution < 1.29 is 19.8 Å². The summed E-state index contributed by atoms with van der Waals surface area (Å²) in [6, 6.07) is 3.89. The van der Waals surface area contributed by atoms with E-state index in [-0.39, 0.29) is 0 Å². The molecule has 1 saturated heterocycles. The lowest BCUT2D eigenvalue weighted by molar-refractivity contribution is -0.152. The van der Waals surface area contributed by atoms with E-state index in [1.165, 1.54) is 4.90 Å². The first-order valence-corrected chi connectivity index (χ1v) is 9.27. The highest BCUT2D eigenvalue weighted by molar-refractivity contribution is 7.09. The van der Waals surface area contributed by atoms with E-state index in [4.69, 9.17) is 0 Å². The van der Waals surface area contributed by atoms with Gasteiger partial charge in [0.2, 0.25) is 0 Å².